The number of quaternary nitrogens is 2. The van der Waals surface area contributed by atoms with Gasteiger partial charge in [-0.15, -0.1) is 0 Å². The van der Waals surface area contributed by atoms with E-state index in [4.69, 9.17) is 0 Å². The van der Waals surface area contributed by atoms with Gasteiger partial charge >= 0.3 is 0 Å². The Morgan fingerprint density at radius 3 is 2.29 bits per heavy atom. The van der Waals surface area contributed by atoms with Crippen molar-refractivity contribution in [3.05, 3.63) is 48.8 Å². The van der Waals surface area contributed by atoms with Crippen LogP contribution in [0.5, 0.6) is 0 Å². The van der Waals surface area contributed by atoms with E-state index in [1.807, 2.05) is 0 Å². The lowest BCUT2D eigenvalue weighted by Crippen LogP contribution is -3.00. The highest BCUT2D eigenvalue weighted by molar-refractivity contribution is 5.03. The topological polar surface area (TPSA) is 68.0 Å². The summed E-state index contributed by atoms with van der Waals surface area (Å²) >= 11 is 0. The Bertz CT molecular complexity index is 536. The van der Waals surface area contributed by atoms with Crippen LogP contribution >= 0.6 is 0 Å². The van der Waals surface area contributed by atoms with Crippen molar-refractivity contribution >= 4 is 0 Å². The number of aromatic nitrogens is 3. The molecule has 6 N–H and O–H groups in total. The highest BCUT2D eigenvalue weighted by atomic mass is 79.9. The quantitative estimate of drug-likeness (QED) is 0.285. The van der Waals surface area contributed by atoms with Gasteiger partial charge in [-0.05, 0) is 6.07 Å². The van der Waals surface area contributed by atoms with Crippen LogP contribution in [0.1, 0.15) is 18.4 Å². The summed E-state index contributed by atoms with van der Waals surface area (Å²) in [4.78, 5) is 0. The van der Waals surface area contributed by atoms with Crippen LogP contribution < -0.4 is 88.5 Å². The molecule has 0 spiro atoms. The molecule has 2 aromatic heterocycles. The molecular weight excluding hydrogens is 570 g/mol. The minimum atomic E-state index is 0. The van der Waals surface area contributed by atoms with Gasteiger partial charge in [0.25, 0.3) is 0 Å². The molecule has 0 saturated carbocycles. The fraction of sp³-hybridized carbons (Fsp3) is 0.467. The summed E-state index contributed by atoms with van der Waals surface area (Å²) in [6, 6.07) is 4.31. The van der Waals surface area contributed by atoms with Crippen molar-refractivity contribution in [2.75, 3.05) is 13.1 Å². The van der Waals surface area contributed by atoms with Gasteiger partial charge in [-0.1, -0.05) is 0 Å². The summed E-state index contributed by atoms with van der Waals surface area (Å²) in [5, 5.41) is 0. The van der Waals surface area contributed by atoms with Crippen molar-refractivity contribution in [3.8, 4) is 0 Å². The van der Waals surface area contributed by atoms with Crippen LogP contribution in [0.15, 0.2) is 43.2 Å². The monoisotopic (exact) mass is 593 g/mol. The summed E-state index contributed by atoms with van der Waals surface area (Å²) in [5.74, 6) is 0. The molecule has 0 fully saturated rings. The predicted octanol–water partition coefficient (Wildman–Crippen LogP) is -13.6. The van der Waals surface area contributed by atoms with Gasteiger partial charge in [0, 0.05) is 12.5 Å². The van der Waals surface area contributed by atoms with Crippen LogP contribution in [0.4, 0.5) is 0 Å². The van der Waals surface area contributed by atoms with E-state index < -0.39 is 0 Å². The minimum absolute atomic E-state index is 0. The summed E-state index contributed by atoms with van der Waals surface area (Å²) in [7, 11) is 0. The molecule has 0 bridgehead atoms. The van der Waals surface area contributed by atoms with Crippen molar-refractivity contribution in [1.82, 2.24) is 4.57 Å². The number of imidazole rings is 1. The third-order valence-electron chi connectivity index (χ3n) is 3.36. The molecule has 0 atom stereocenters. The second-order valence-electron chi connectivity index (χ2n) is 5.19. The van der Waals surface area contributed by atoms with E-state index in [2.05, 4.69) is 68.4 Å². The average Bonchev–Trinajstić information content (AvgIpc) is 2.91. The third-order valence-corrected chi connectivity index (χ3v) is 3.36. The normalized spacial score (nSPS) is 9.08. The molecule has 2 heterocycles. The number of hydrogen-bond acceptors (Lipinski definition) is 0. The molecule has 0 aromatic carbocycles. The summed E-state index contributed by atoms with van der Waals surface area (Å²) in [5.41, 5.74) is 9.11. The number of halogens is 4. The number of aryl methyl sites for hydroxylation is 2. The van der Waals surface area contributed by atoms with Crippen LogP contribution in [-0.2, 0) is 19.6 Å². The van der Waals surface area contributed by atoms with Crippen molar-refractivity contribution in [2.45, 2.75) is 32.5 Å². The highest BCUT2D eigenvalue weighted by Crippen LogP contribution is 1.95. The van der Waals surface area contributed by atoms with Gasteiger partial charge < -0.3 is 79.4 Å². The van der Waals surface area contributed by atoms with Gasteiger partial charge in [0.2, 0.25) is 6.33 Å². The van der Waals surface area contributed by atoms with Gasteiger partial charge in [-0.25, -0.2) is 13.7 Å². The summed E-state index contributed by atoms with van der Waals surface area (Å²) < 4.78 is 6.70. The second-order valence-corrected chi connectivity index (χ2v) is 5.19. The lowest BCUT2D eigenvalue weighted by Gasteiger charge is -1.98. The zero-order chi connectivity index (χ0) is 14.2. The molecule has 9 heteroatoms. The molecule has 2 aromatic rings. The smallest absolute Gasteiger partial charge is 0.244 e. The van der Waals surface area contributed by atoms with Crippen molar-refractivity contribution < 1.29 is 88.5 Å². The Hall–Kier alpha value is 0.200. The zero-order valence-electron chi connectivity index (χ0n) is 13.8. The van der Waals surface area contributed by atoms with Crippen LogP contribution in [0, 0.1) is 0 Å². The molecule has 2 rings (SSSR count). The van der Waals surface area contributed by atoms with E-state index >= 15 is 0 Å². The van der Waals surface area contributed by atoms with E-state index in [0.717, 1.165) is 45.6 Å². The van der Waals surface area contributed by atoms with E-state index in [1.54, 1.807) is 0 Å². The standard InChI is InChI=1S/C15H25N5.4BrH/c16-5-2-8-18-7-1-4-15(12-18)13-20-11-10-19(14-20)9-3-6-17;;;;/h1,4,7,10-12,14H,2-3,5-6,8-9,13,16-17H2;4*1H/q+2;;;;/p-2. The maximum Gasteiger partial charge on any atom is 0.244 e. The fourth-order valence-corrected chi connectivity index (χ4v) is 2.27. The fourth-order valence-electron chi connectivity index (χ4n) is 2.27. The largest absolute Gasteiger partial charge is 1.00 e. The first-order valence-electron chi connectivity index (χ1n) is 7.43. The molecule has 0 unspecified atom stereocenters. The molecule has 0 radical (unpaired) electrons. The Morgan fingerprint density at radius 2 is 1.62 bits per heavy atom. The van der Waals surface area contributed by atoms with Crippen LogP contribution in [0.3, 0.4) is 0 Å². The average molecular weight is 597 g/mol. The maximum atomic E-state index is 3.89. The molecule has 0 aliphatic rings. The van der Waals surface area contributed by atoms with E-state index in [0.29, 0.717) is 0 Å². The molecule has 0 aliphatic heterocycles. The van der Waals surface area contributed by atoms with E-state index in [9.17, 15) is 0 Å². The minimum Gasteiger partial charge on any atom is -1.00 e. The van der Waals surface area contributed by atoms with Gasteiger partial charge in [-0.3, -0.25) is 0 Å². The van der Waals surface area contributed by atoms with Crippen molar-refractivity contribution in [1.29, 1.82) is 0 Å². The molecule has 140 valence electrons. The Morgan fingerprint density at radius 1 is 0.917 bits per heavy atom. The Kier molecular flexibility index (Phi) is 20.1. The Balaban J connectivity index is -0.00000110. The van der Waals surface area contributed by atoms with E-state index in [1.165, 1.54) is 5.56 Å². The molecular formula is C15H27Br4N5. The van der Waals surface area contributed by atoms with Crippen LogP contribution in [-0.4, -0.2) is 17.7 Å². The molecule has 5 nitrogen and oxygen atoms in total. The zero-order valence-corrected chi connectivity index (χ0v) is 20.1. The number of pyridine rings is 1. The highest BCUT2D eigenvalue weighted by Gasteiger charge is 2.08. The third kappa shape index (κ3) is 10.2. The number of rotatable bonds is 8. The van der Waals surface area contributed by atoms with Crippen LogP contribution in [0.25, 0.3) is 0 Å². The first kappa shape index (κ1) is 29.0. The molecule has 0 amide bonds. The van der Waals surface area contributed by atoms with E-state index in [-0.39, 0.29) is 67.9 Å². The first-order chi connectivity index (χ1) is 9.81. The number of hydrogen-bond donors (Lipinski definition) is 2. The van der Waals surface area contributed by atoms with Crippen molar-refractivity contribution in [2.24, 2.45) is 0 Å². The van der Waals surface area contributed by atoms with Crippen LogP contribution in [0.2, 0.25) is 0 Å². The lowest BCUT2D eigenvalue weighted by molar-refractivity contribution is -0.707. The molecule has 0 aliphatic carbocycles. The van der Waals surface area contributed by atoms with Gasteiger partial charge in [0.15, 0.2) is 18.9 Å². The molecule has 0 saturated heterocycles. The van der Waals surface area contributed by atoms with Gasteiger partial charge in [0.1, 0.15) is 18.9 Å². The second kappa shape index (κ2) is 16.7. The Labute approximate surface area is 186 Å². The van der Waals surface area contributed by atoms with Gasteiger partial charge in [0.05, 0.1) is 31.6 Å². The summed E-state index contributed by atoms with van der Waals surface area (Å²) in [6.45, 7) is 4.99. The SMILES string of the molecule is [Br-].[Br-].[Br-].[Br-].[NH3+]CCCn1cc[n+](Cc2ccc[n+](CCC[NH3+])c2)c1. The number of nitrogens with zero attached hydrogens (tertiary/aromatic N) is 3. The lowest BCUT2D eigenvalue weighted by atomic mass is 10.2. The molecule has 24 heavy (non-hydrogen) atoms. The maximum absolute atomic E-state index is 3.89. The van der Waals surface area contributed by atoms with Gasteiger partial charge in [-0.2, -0.15) is 0 Å². The summed E-state index contributed by atoms with van der Waals surface area (Å²) in [6.07, 6.45) is 13.1. The van der Waals surface area contributed by atoms with Crippen molar-refractivity contribution in [3.63, 3.8) is 0 Å². The first-order valence-corrected chi connectivity index (χ1v) is 7.43. The predicted molar refractivity (Wildman–Crippen MR) is 75.1 cm³/mol.